The van der Waals surface area contributed by atoms with Gasteiger partial charge in [0.1, 0.15) is 11.5 Å². The standard InChI is InChI=1S/C20H24N2O5S/c1-3-27-17-8-5-15(6-9-17)13-20(23)21-18-14-16(7-10-19(18)26-2)22-11-4-12-28(22,24)25/h5-10,14H,3-4,11-13H2,1-2H3,(H,21,23). The van der Waals surface area contributed by atoms with E-state index in [1.807, 2.05) is 31.2 Å². The van der Waals surface area contributed by atoms with Crippen LogP contribution in [0.5, 0.6) is 11.5 Å². The van der Waals surface area contributed by atoms with Crippen LogP contribution in [0.15, 0.2) is 42.5 Å². The normalized spacial score (nSPS) is 15.3. The molecule has 0 atom stereocenters. The third-order valence-electron chi connectivity index (χ3n) is 4.44. The predicted molar refractivity (Wildman–Crippen MR) is 109 cm³/mol. The van der Waals surface area contributed by atoms with Gasteiger partial charge in [0.05, 0.1) is 37.3 Å². The van der Waals surface area contributed by atoms with Crippen LogP contribution >= 0.6 is 0 Å². The fourth-order valence-corrected chi connectivity index (χ4v) is 4.68. The molecule has 1 aliphatic rings. The Hall–Kier alpha value is -2.74. The van der Waals surface area contributed by atoms with E-state index in [1.165, 1.54) is 11.4 Å². The highest BCUT2D eigenvalue weighted by molar-refractivity contribution is 7.93. The average molecular weight is 404 g/mol. The van der Waals surface area contributed by atoms with E-state index in [1.54, 1.807) is 18.2 Å². The maximum atomic E-state index is 12.5. The zero-order valence-corrected chi connectivity index (χ0v) is 16.8. The molecule has 0 aromatic heterocycles. The molecule has 28 heavy (non-hydrogen) atoms. The third kappa shape index (κ3) is 4.56. The molecule has 0 unspecified atom stereocenters. The van der Waals surface area contributed by atoms with Gasteiger partial charge in [0.15, 0.2) is 0 Å². The summed E-state index contributed by atoms with van der Waals surface area (Å²) in [5.41, 5.74) is 1.81. The summed E-state index contributed by atoms with van der Waals surface area (Å²) < 4.78 is 36.4. The number of methoxy groups -OCH3 is 1. The molecular weight excluding hydrogens is 380 g/mol. The van der Waals surface area contributed by atoms with Crippen molar-refractivity contribution in [1.82, 2.24) is 0 Å². The number of hydrogen-bond donors (Lipinski definition) is 1. The number of sulfonamides is 1. The van der Waals surface area contributed by atoms with Crippen LogP contribution in [0.1, 0.15) is 18.9 Å². The molecule has 0 aliphatic carbocycles. The number of anilines is 2. The summed E-state index contributed by atoms with van der Waals surface area (Å²) in [6.07, 6.45) is 0.773. The Balaban J connectivity index is 1.75. The Morgan fingerprint density at radius 3 is 2.54 bits per heavy atom. The molecule has 0 spiro atoms. The first-order chi connectivity index (χ1) is 13.4. The Morgan fingerprint density at radius 1 is 1.18 bits per heavy atom. The van der Waals surface area contributed by atoms with E-state index in [0.717, 1.165) is 11.3 Å². The second-order valence-electron chi connectivity index (χ2n) is 6.43. The van der Waals surface area contributed by atoms with E-state index < -0.39 is 10.0 Å². The molecule has 150 valence electrons. The van der Waals surface area contributed by atoms with Crippen molar-refractivity contribution in [2.75, 3.05) is 35.6 Å². The molecule has 8 heteroatoms. The van der Waals surface area contributed by atoms with Crippen LogP contribution in [-0.4, -0.2) is 40.3 Å². The van der Waals surface area contributed by atoms with Crippen molar-refractivity contribution in [3.63, 3.8) is 0 Å². The summed E-state index contributed by atoms with van der Waals surface area (Å²) in [5.74, 6) is 1.15. The number of nitrogens with zero attached hydrogens (tertiary/aromatic N) is 1. The summed E-state index contributed by atoms with van der Waals surface area (Å²) in [6.45, 7) is 2.94. The van der Waals surface area contributed by atoms with Crippen molar-refractivity contribution < 1.29 is 22.7 Å². The number of benzene rings is 2. The number of carbonyl (C=O) groups is 1. The number of amides is 1. The summed E-state index contributed by atoms with van der Waals surface area (Å²) in [6, 6.07) is 12.3. The third-order valence-corrected chi connectivity index (χ3v) is 6.31. The van der Waals surface area contributed by atoms with Gasteiger partial charge < -0.3 is 14.8 Å². The van der Waals surface area contributed by atoms with Crippen molar-refractivity contribution in [2.24, 2.45) is 0 Å². The van der Waals surface area contributed by atoms with Gasteiger partial charge >= 0.3 is 0 Å². The number of nitrogens with one attached hydrogen (secondary N) is 1. The Labute approximate surface area is 165 Å². The number of carbonyl (C=O) groups excluding carboxylic acids is 1. The lowest BCUT2D eigenvalue weighted by atomic mass is 10.1. The summed E-state index contributed by atoms with van der Waals surface area (Å²) in [5, 5.41) is 2.82. The minimum absolute atomic E-state index is 0.137. The van der Waals surface area contributed by atoms with Gasteiger partial charge in [0.2, 0.25) is 15.9 Å². The van der Waals surface area contributed by atoms with Crippen LogP contribution in [-0.2, 0) is 21.2 Å². The summed E-state index contributed by atoms with van der Waals surface area (Å²) >= 11 is 0. The van der Waals surface area contributed by atoms with Gasteiger partial charge in [-0.25, -0.2) is 8.42 Å². The van der Waals surface area contributed by atoms with Gasteiger partial charge in [-0.15, -0.1) is 0 Å². The van der Waals surface area contributed by atoms with Crippen LogP contribution in [0.3, 0.4) is 0 Å². The zero-order valence-electron chi connectivity index (χ0n) is 16.0. The largest absolute Gasteiger partial charge is 0.495 e. The van der Waals surface area contributed by atoms with E-state index >= 15 is 0 Å². The summed E-state index contributed by atoms with van der Waals surface area (Å²) in [4.78, 5) is 12.5. The highest BCUT2D eigenvalue weighted by Crippen LogP contribution is 2.32. The number of rotatable bonds is 7. The maximum Gasteiger partial charge on any atom is 0.235 e. The fraction of sp³-hybridized carbons (Fsp3) is 0.350. The van der Waals surface area contributed by atoms with Gasteiger partial charge in [-0.05, 0) is 49.2 Å². The van der Waals surface area contributed by atoms with Crippen molar-refractivity contribution >= 4 is 27.3 Å². The lowest BCUT2D eigenvalue weighted by Gasteiger charge is -2.19. The molecular formula is C20H24N2O5S. The lowest BCUT2D eigenvalue weighted by molar-refractivity contribution is -0.115. The zero-order chi connectivity index (χ0) is 20.1. The van der Waals surface area contributed by atoms with Crippen molar-refractivity contribution in [3.8, 4) is 11.5 Å². The molecule has 1 aliphatic heterocycles. The molecule has 1 saturated heterocycles. The molecule has 1 heterocycles. The molecule has 1 N–H and O–H groups in total. The predicted octanol–water partition coefficient (Wildman–Crippen LogP) is 2.82. The average Bonchev–Trinajstić information content (AvgIpc) is 3.02. The van der Waals surface area contributed by atoms with E-state index in [4.69, 9.17) is 9.47 Å². The van der Waals surface area contributed by atoms with E-state index in [9.17, 15) is 13.2 Å². The van der Waals surface area contributed by atoms with E-state index in [2.05, 4.69) is 5.32 Å². The molecule has 3 rings (SSSR count). The topological polar surface area (TPSA) is 84.9 Å². The van der Waals surface area contributed by atoms with Crippen LogP contribution in [0.25, 0.3) is 0 Å². The lowest BCUT2D eigenvalue weighted by Crippen LogP contribution is -2.25. The second kappa shape index (κ2) is 8.52. The quantitative estimate of drug-likeness (QED) is 0.767. The van der Waals surface area contributed by atoms with Crippen LogP contribution < -0.4 is 19.1 Å². The monoisotopic (exact) mass is 404 g/mol. The SMILES string of the molecule is CCOc1ccc(CC(=O)Nc2cc(N3CCCS3(=O)=O)ccc2OC)cc1. The molecule has 0 radical (unpaired) electrons. The van der Waals surface area contributed by atoms with E-state index in [0.29, 0.717) is 36.7 Å². The molecule has 2 aromatic carbocycles. The fourth-order valence-electron chi connectivity index (χ4n) is 3.13. The van der Waals surface area contributed by atoms with Crippen LogP contribution in [0.2, 0.25) is 0 Å². The van der Waals surface area contributed by atoms with Gasteiger partial charge in [-0.3, -0.25) is 9.10 Å². The molecule has 0 saturated carbocycles. The van der Waals surface area contributed by atoms with Gasteiger partial charge in [-0.2, -0.15) is 0 Å². The van der Waals surface area contributed by atoms with Gasteiger partial charge in [-0.1, -0.05) is 12.1 Å². The van der Waals surface area contributed by atoms with Crippen molar-refractivity contribution in [2.45, 2.75) is 19.8 Å². The van der Waals surface area contributed by atoms with Crippen LogP contribution in [0.4, 0.5) is 11.4 Å². The molecule has 1 fully saturated rings. The minimum atomic E-state index is -3.29. The Kier molecular flexibility index (Phi) is 6.08. The molecule has 0 bridgehead atoms. The number of hydrogen-bond acceptors (Lipinski definition) is 5. The minimum Gasteiger partial charge on any atom is -0.495 e. The Bertz CT molecular complexity index is 942. The van der Waals surface area contributed by atoms with Crippen molar-refractivity contribution in [1.29, 1.82) is 0 Å². The smallest absolute Gasteiger partial charge is 0.235 e. The van der Waals surface area contributed by atoms with Gasteiger partial charge in [0, 0.05) is 6.54 Å². The first-order valence-electron chi connectivity index (χ1n) is 9.13. The van der Waals surface area contributed by atoms with Crippen LogP contribution in [0, 0.1) is 0 Å². The molecule has 2 aromatic rings. The van der Waals surface area contributed by atoms with E-state index in [-0.39, 0.29) is 18.1 Å². The summed E-state index contributed by atoms with van der Waals surface area (Å²) in [7, 11) is -1.79. The van der Waals surface area contributed by atoms with Gasteiger partial charge in [0.25, 0.3) is 0 Å². The highest BCUT2D eigenvalue weighted by atomic mass is 32.2. The second-order valence-corrected chi connectivity index (χ2v) is 8.44. The molecule has 1 amide bonds. The first kappa shape index (κ1) is 20.0. The maximum absolute atomic E-state index is 12.5. The van der Waals surface area contributed by atoms with Crippen molar-refractivity contribution in [3.05, 3.63) is 48.0 Å². The highest BCUT2D eigenvalue weighted by Gasteiger charge is 2.29. The first-order valence-corrected chi connectivity index (χ1v) is 10.7. The number of ether oxygens (including phenoxy) is 2. The molecule has 7 nitrogen and oxygen atoms in total. The Morgan fingerprint density at radius 2 is 1.93 bits per heavy atom.